The minimum atomic E-state index is 0.546. The number of rotatable bonds is 7. The molecule has 1 aromatic heterocycles. The van der Waals surface area contributed by atoms with E-state index in [0.29, 0.717) is 13.1 Å². The van der Waals surface area contributed by atoms with E-state index in [1.807, 2.05) is 31.4 Å². The Kier molecular flexibility index (Phi) is 7.46. The Morgan fingerprint density at radius 2 is 1.85 bits per heavy atom. The number of hydrogen-bond donors (Lipinski definition) is 1. The summed E-state index contributed by atoms with van der Waals surface area (Å²) in [6, 6.07) is 8.03. The zero-order valence-corrected chi connectivity index (χ0v) is 17.2. The second kappa shape index (κ2) is 9.80. The molecule has 0 saturated heterocycles. The smallest absolute Gasteiger partial charge is 0.194 e. The fraction of sp³-hybridized carbons (Fsp3) is 0.429. The van der Waals surface area contributed by atoms with Crippen molar-refractivity contribution in [1.29, 1.82) is 0 Å². The van der Waals surface area contributed by atoms with Gasteiger partial charge in [0.2, 0.25) is 0 Å². The van der Waals surface area contributed by atoms with Gasteiger partial charge in [-0.05, 0) is 55.7 Å². The molecule has 0 radical (unpaired) electrons. The third-order valence-corrected chi connectivity index (χ3v) is 4.44. The van der Waals surface area contributed by atoms with E-state index in [1.54, 1.807) is 14.2 Å². The number of aromatic nitrogens is 1. The molecule has 0 aliphatic carbocycles. The Hall–Kier alpha value is -2.76. The summed E-state index contributed by atoms with van der Waals surface area (Å²) < 4.78 is 10.8. The zero-order chi connectivity index (χ0) is 19.8. The lowest BCUT2D eigenvalue weighted by Gasteiger charge is -2.23. The SMILES string of the molecule is CCNC(=NCc1ncccc1C)N(C)Cc1cc(OC)c(OC)cc1C. The lowest BCUT2D eigenvalue weighted by atomic mass is 10.1. The van der Waals surface area contributed by atoms with Crippen LogP contribution in [-0.4, -0.2) is 43.7 Å². The van der Waals surface area contributed by atoms with Gasteiger partial charge in [0.15, 0.2) is 17.5 Å². The maximum Gasteiger partial charge on any atom is 0.194 e. The van der Waals surface area contributed by atoms with Crippen LogP contribution in [0.1, 0.15) is 29.3 Å². The number of nitrogens with zero attached hydrogens (tertiary/aromatic N) is 3. The van der Waals surface area contributed by atoms with Crippen LogP contribution in [0.3, 0.4) is 0 Å². The van der Waals surface area contributed by atoms with Gasteiger partial charge in [0.1, 0.15) is 0 Å². The van der Waals surface area contributed by atoms with Crippen molar-refractivity contribution in [2.24, 2.45) is 4.99 Å². The summed E-state index contributed by atoms with van der Waals surface area (Å²) in [4.78, 5) is 11.3. The normalized spacial score (nSPS) is 11.3. The highest BCUT2D eigenvalue weighted by Crippen LogP contribution is 2.30. The Morgan fingerprint density at radius 3 is 2.48 bits per heavy atom. The van der Waals surface area contributed by atoms with Crippen LogP contribution in [0.4, 0.5) is 0 Å². The number of methoxy groups -OCH3 is 2. The molecule has 27 heavy (non-hydrogen) atoms. The number of benzene rings is 1. The van der Waals surface area contributed by atoms with Gasteiger partial charge in [-0.15, -0.1) is 0 Å². The summed E-state index contributed by atoms with van der Waals surface area (Å²) in [5, 5.41) is 3.36. The van der Waals surface area contributed by atoms with Crippen LogP contribution in [0, 0.1) is 13.8 Å². The van der Waals surface area contributed by atoms with Crippen molar-refractivity contribution >= 4 is 5.96 Å². The minimum absolute atomic E-state index is 0.546. The first-order chi connectivity index (χ1) is 13.0. The number of guanidine groups is 1. The summed E-state index contributed by atoms with van der Waals surface area (Å²) in [5.74, 6) is 2.32. The molecule has 0 aliphatic heterocycles. The molecule has 0 amide bonds. The van der Waals surface area contributed by atoms with Gasteiger partial charge in [-0.2, -0.15) is 0 Å². The number of aryl methyl sites for hydroxylation is 2. The quantitative estimate of drug-likeness (QED) is 0.598. The van der Waals surface area contributed by atoms with Crippen LogP contribution in [-0.2, 0) is 13.1 Å². The summed E-state index contributed by atoms with van der Waals surface area (Å²) in [6.45, 7) is 8.25. The number of nitrogens with one attached hydrogen (secondary N) is 1. The second-order valence-corrected chi connectivity index (χ2v) is 6.43. The zero-order valence-electron chi connectivity index (χ0n) is 17.2. The first kappa shape index (κ1) is 20.6. The van der Waals surface area contributed by atoms with Crippen molar-refractivity contribution in [2.45, 2.75) is 33.9 Å². The monoisotopic (exact) mass is 370 g/mol. The van der Waals surface area contributed by atoms with E-state index in [9.17, 15) is 0 Å². The molecular weight excluding hydrogens is 340 g/mol. The minimum Gasteiger partial charge on any atom is -0.493 e. The van der Waals surface area contributed by atoms with Gasteiger partial charge in [0, 0.05) is 26.3 Å². The van der Waals surface area contributed by atoms with E-state index in [-0.39, 0.29) is 0 Å². The first-order valence-corrected chi connectivity index (χ1v) is 9.11. The molecule has 1 heterocycles. The van der Waals surface area contributed by atoms with E-state index in [0.717, 1.165) is 46.4 Å². The van der Waals surface area contributed by atoms with Crippen LogP contribution in [0.15, 0.2) is 35.5 Å². The predicted molar refractivity (Wildman–Crippen MR) is 110 cm³/mol. The standard InChI is InChI=1S/C21H30N4O2/c1-7-22-21(24-13-18-15(2)9-8-10-23-18)25(4)14-17-12-20(27-6)19(26-5)11-16(17)3/h8-12H,7,13-14H2,1-6H3,(H,22,24). The number of pyridine rings is 1. The molecule has 2 aromatic rings. The fourth-order valence-electron chi connectivity index (χ4n) is 2.83. The Labute approximate surface area is 162 Å². The van der Waals surface area contributed by atoms with Crippen molar-refractivity contribution in [1.82, 2.24) is 15.2 Å². The molecule has 0 spiro atoms. The average Bonchev–Trinajstić information content (AvgIpc) is 2.67. The molecule has 2 rings (SSSR count). The Morgan fingerprint density at radius 1 is 1.15 bits per heavy atom. The summed E-state index contributed by atoms with van der Waals surface area (Å²) in [6.07, 6.45) is 1.81. The summed E-state index contributed by atoms with van der Waals surface area (Å²) in [7, 11) is 5.34. The molecule has 1 N–H and O–H groups in total. The van der Waals surface area contributed by atoms with E-state index in [2.05, 4.69) is 42.0 Å². The lowest BCUT2D eigenvalue weighted by molar-refractivity contribution is 0.353. The Balaban J connectivity index is 2.21. The lowest BCUT2D eigenvalue weighted by Crippen LogP contribution is -2.38. The molecule has 146 valence electrons. The molecule has 0 aliphatic rings. The van der Waals surface area contributed by atoms with Gasteiger partial charge >= 0.3 is 0 Å². The van der Waals surface area contributed by atoms with Crippen molar-refractivity contribution < 1.29 is 9.47 Å². The first-order valence-electron chi connectivity index (χ1n) is 9.11. The molecule has 0 atom stereocenters. The third-order valence-electron chi connectivity index (χ3n) is 4.44. The molecule has 0 bridgehead atoms. The summed E-state index contributed by atoms with van der Waals surface area (Å²) >= 11 is 0. The highest BCUT2D eigenvalue weighted by molar-refractivity contribution is 5.79. The predicted octanol–water partition coefficient (Wildman–Crippen LogP) is 3.31. The van der Waals surface area contributed by atoms with E-state index in [4.69, 9.17) is 14.5 Å². The van der Waals surface area contributed by atoms with E-state index < -0.39 is 0 Å². The molecule has 6 heteroatoms. The topological polar surface area (TPSA) is 59.0 Å². The van der Waals surface area contributed by atoms with Crippen LogP contribution < -0.4 is 14.8 Å². The van der Waals surface area contributed by atoms with Crippen LogP contribution in [0.5, 0.6) is 11.5 Å². The van der Waals surface area contributed by atoms with Gasteiger partial charge in [-0.25, -0.2) is 4.99 Å². The fourth-order valence-corrected chi connectivity index (χ4v) is 2.83. The van der Waals surface area contributed by atoms with Gasteiger partial charge in [-0.3, -0.25) is 4.98 Å². The van der Waals surface area contributed by atoms with Gasteiger partial charge < -0.3 is 19.7 Å². The maximum atomic E-state index is 5.44. The van der Waals surface area contributed by atoms with Crippen molar-refractivity contribution in [3.8, 4) is 11.5 Å². The number of aliphatic imine (C=N–C) groups is 1. The second-order valence-electron chi connectivity index (χ2n) is 6.43. The van der Waals surface area contributed by atoms with Crippen LogP contribution >= 0.6 is 0 Å². The van der Waals surface area contributed by atoms with Crippen molar-refractivity contribution in [3.05, 3.63) is 52.8 Å². The maximum absolute atomic E-state index is 5.44. The van der Waals surface area contributed by atoms with Crippen molar-refractivity contribution in [2.75, 3.05) is 27.8 Å². The molecule has 0 saturated carbocycles. The van der Waals surface area contributed by atoms with Gasteiger partial charge in [0.05, 0.1) is 26.5 Å². The summed E-state index contributed by atoms with van der Waals surface area (Å²) in [5.41, 5.74) is 4.45. The van der Waals surface area contributed by atoms with Gasteiger partial charge in [0.25, 0.3) is 0 Å². The Bertz CT molecular complexity index is 790. The third kappa shape index (κ3) is 5.36. The average molecular weight is 370 g/mol. The largest absolute Gasteiger partial charge is 0.493 e. The molecular formula is C21H30N4O2. The highest BCUT2D eigenvalue weighted by atomic mass is 16.5. The molecule has 1 aromatic carbocycles. The number of hydrogen-bond acceptors (Lipinski definition) is 4. The van der Waals surface area contributed by atoms with Crippen LogP contribution in [0.25, 0.3) is 0 Å². The van der Waals surface area contributed by atoms with Gasteiger partial charge in [-0.1, -0.05) is 6.07 Å². The highest BCUT2D eigenvalue weighted by Gasteiger charge is 2.13. The van der Waals surface area contributed by atoms with E-state index >= 15 is 0 Å². The van der Waals surface area contributed by atoms with Crippen LogP contribution in [0.2, 0.25) is 0 Å². The van der Waals surface area contributed by atoms with Crippen molar-refractivity contribution in [3.63, 3.8) is 0 Å². The molecule has 0 unspecified atom stereocenters. The molecule has 0 fully saturated rings. The van der Waals surface area contributed by atoms with E-state index in [1.165, 1.54) is 0 Å². The molecule has 6 nitrogen and oxygen atoms in total. The number of ether oxygens (including phenoxy) is 2.